The van der Waals surface area contributed by atoms with Gasteiger partial charge in [-0.25, -0.2) is 0 Å². The third-order valence-corrected chi connectivity index (χ3v) is 2.66. The average molecular weight is 202 g/mol. The smallest absolute Gasteiger partial charge is 0.158 e. The van der Waals surface area contributed by atoms with Gasteiger partial charge in [0.2, 0.25) is 0 Å². The van der Waals surface area contributed by atoms with Gasteiger partial charge in [0, 0.05) is 13.0 Å². The molecule has 0 bridgehead atoms. The molecule has 1 fully saturated rings. The molecule has 1 N–H and O–H groups in total. The molecule has 3 heteroatoms. The minimum atomic E-state index is -0.373. The Balaban J connectivity index is 2.16. The molecule has 1 heterocycles. The molecule has 14 heavy (non-hydrogen) atoms. The Bertz CT molecular complexity index is 170. The van der Waals surface area contributed by atoms with Crippen molar-refractivity contribution in [3.8, 4) is 0 Å². The van der Waals surface area contributed by atoms with E-state index in [1.165, 1.54) is 0 Å². The maximum Gasteiger partial charge on any atom is 0.158 e. The highest BCUT2D eigenvalue weighted by atomic mass is 16.7. The van der Waals surface area contributed by atoms with E-state index in [2.05, 4.69) is 13.8 Å². The van der Waals surface area contributed by atoms with Crippen LogP contribution in [0.3, 0.4) is 0 Å². The molecule has 0 aromatic heterocycles. The van der Waals surface area contributed by atoms with Gasteiger partial charge in [-0.15, -0.1) is 0 Å². The van der Waals surface area contributed by atoms with Gasteiger partial charge in [-0.05, 0) is 25.7 Å². The zero-order valence-corrected chi connectivity index (χ0v) is 9.45. The molecule has 1 aliphatic heterocycles. The molecule has 0 aromatic rings. The van der Waals surface area contributed by atoms with Gasteiger partial charge in [0.25, 0.3) is 0 Å². The standard InChI is InChI=1S/C11H22O3/c1-9(2)5-7-13-10-4-6-11(3,8-12)14-10/h9-10,12H,4-8H2,1-3H3. The molecule has 0 aliphatic carbocycles. The molecule has 1 saturated heterocycles. The molecule has 0 spiro atoms. The molecule has 1 rings (SSSR count). The zero-order valence-electron chi connectivity index (χ0n) is 9.45. The fourth-order valence-corrected chi connectivity index (χ4v) is 1.53. The molecular formula is C11H22O3. The fraction of sp³-hybridized carbons (Fsp3) is 1.00. The van der Waals surface area contributed by atoms with Gasteiger partial charge in [-0.3, -0.25) is 0 Å². The SMILES string of the molecule is CC(C)CCOC1CCC(C)(CO)O1. The lowest BCUT2D eigenvalue weighted by Gasteiger charge is -2.22. The Morgan fingerprint density at radius 2 is 2.29 bits per heavy atom. The Hall–Kier alpha value is -0.120. The summed E-state index contributed by atoms with van der Waals surface area (Å²) in [6.45, 7) is 7.12. The Kier molecular flexibility index (Phi) is 4.35. The number of ether oxygens (including phenoxy) is 2. The van der Waals surface area contributed by atoms with Gasteiger partial charge in [-0.2, -0.15) is 0 Å². The number of aliphatic hydroxyl groups is 1. The van der Waals surface area contributed by atoms with E-state index >= 15 is 0 Å². The van der Waals surface area contributed by atoms with Crippen LogP contribution >= 0.6 is 0 Å². The van der Waals surface area contributed by atoms with E-state index in [0.717, 1.165) is 25.9 Å². The minimum absolute atomic E-state index is 0.0804. The van der Waals surface area contributed by atoms with Gasteiger partial charge in [0.05, 0.1) is 12.2 Å². The van der Waals surface area contributed by atoms with Crippen LogP contribution in [-0.4, -0.2) is 30.2 Å². The predicted molar refractivity (Wildman–Crippen MR) is 55.0 cm³/mol. The summed E-state index contributed by atoms with van der Waals surface area (Å²) in [5, 5.41) is 9.08. The van der Waals surface area contributed by atoms with Crippen LogP contribution in [-0.2, 0) is 9.47 Å². The highest BCUT2D eigenvalue weighted by molar-refractivity contribution is 4.81. The van der Waals surface area contributed by atoms with Crippen molar-refractivity contribution in [3.05, 3.63) is 0 Å². The van der Waals surface area contributed by atoms with E-state index in [1.54, 1.807) is 0 Å². The van der Waals surface area contributed by atoms with Crippen LogP contribution in [0.15, 0.2) is 0 Å². The van der Waals surface area contributed by atoms with Crippen molar-refractivity contribution in [1.29, 1.82) is 0 Å². The second kappa shape index (κ2) is 5.10. The van der Waals surface area contributed by atoms with Gasteiger partial charge in [-0.1, -0.05) is 13.8 Å². The molecule has 0 radical (unpaired) electrons. The third-order valence-electron chi connectivity index (χ3n) is 2.66. The van der Waals surface area contributed by atoms with Crippen LogP contribution in [0, 0.1) is 5.92 Å². The van der Waals surface area contributed by atoms with Crippen LogP contribution in [0.2, 0.25) is 0 Å². The lowest BCUT2D eigenvalue weighted by molar-refractivity contribution is -0.174. The van der Waals surface area contributed by atoms with Gasteiger partial charge < -0.3 is 14.6 Å². The lowest BCUT2D eigenvalue weighted by atomic mass is 10.1. The summed E-state index contributed by atoms with van der Waals surface area (Å²) in [6.07, 6.45) is 2.74. The summed E-state index contributed by atoms with van der Waals surface area (Å²) < 4.78 is 11.2. The first-order chi connectivity index (χ1) is 6.56. The Morgan fingerprint density at radius 1 is 1.57 bits per heavy atom. The first-order valence-electron chi connectivity index (χ1n) is 5.46. The largest absolute Gasteiger partial charge is 0.393 e. The molecule has 2 atom stereocenters. The van der Waals surface area contributed by atoms with Crippen LogP contribution in [0.25, 0.3) is 0 Å². The summed E-state index contributed by atoms with van der Waals surface area (Å²) in [6, 6.07) is 0. The average Bonchev–Trinajstić information content (AvgIpc) is 2.48. The summed E-state index contributed by atoms with van der Waals surface area (Å²) in [4.78, 5) is 0. The van der Waals surface area contributed by atoms with E-state index in [0.29, 0.717) is 5.92 Å². The minimum Gasteiger partial charge on any atom is -0.393 e. The number of aliphatic hydroxyl groups excluding tert-OH is 1. The van der Waals surface area contributed by atoms with E-state index in [-0.39, 0.29) is 18.5 Å². The molecule has 0 amide bonds. The van der Waals surface area contributed by atoms with E-state index in [4.69, 9.17) is 14.6 Å². The van der Waals surface area contributed by atoms with Crippen molar-refractivity contribution in [1.82, 2.24) is 0 Å². The van der Waals surface area contributed by atoms with Crippen molar-refractivity contribution in [3.63, 3.8) is 0 Å². The Morgan fingerprint density at radius 3 is 2.79 bits per heavy atom. The molecule has 0 saturated carbocycles. The lowest BCUT2D eigenvalue weighted by Crippen LogP contribution is -2.30. The quantitative estimate of drug-likeness (QED) is 0.740. The molecule has 3 nitrogen and oxygen atoms in total. The van der Waals surface area contributed by atoms with Crippen molar-refractivity contribution in [2.45, 2.75) is 51.9 Å². The van der Waals surface area contributed by atoms with Crippen molar-refractivity contribution in [2.75, 3.05) is 13.2 Å². The number of hydrogen-bond acceptors (Lipinski definition) is 3. The summed E-state index contributed by atoms with van der Waals surface area (Å²) >= 11 is 0. The van der Waals surface area contributed by atoms with E-state index < -0.39 is 0 Å². The topological polar surface area (TPSA) is 38.7 Å². The first kappa shape index (κ1) is 12.0. The van der Waals surface area contributed by atoms with Gasteiger partial charge in [0.15, 0.2) is 6.29 Å². The Labute approximate surface area is 86.4 Å². The van der Waals surface area contributed by atoms with Crippen molar-refractivity contribution < 1.29 is 14.6 Å². The molecular weight excluding hydrogens is 180 g/mol. The zero-order chi connectivity index (χ0) is 10.6. The summed E-state index contributed by atoms with van der Waals surface area (Å²) in [5.74, 6) is 0.667. The molecule has 2 unspecified atom stereocenters. The second-order valence-corrected chi connectivity index (χ2v) is 4.75. The van der Waals surface area contributed by atoms with Crippen LogP contribution in [0.4, 0.5) is 0 Å². The van der Waals surface area contributed by atoms with Gasteiger partial charge in [0.1, 0.15) is 0 Å². The number of rotatable bonds is 5. The highest BCUT2D eigenvalue weighted by Gasteiger charge is 2.35. The third kappa shape index (κ3) is 3.56. The van der Waals surface area contributed by atoms with E-state index in [9.17, 15) is 0 Å². The van der Waals surface area contributed by atoms with Crippen molar-refractivity contribution in [2.24, 2.45) is 5.92 Å². The summed E-state index contributed by atoms with van der Waals surface area (Å²) in [5.41, 5.74) is -0.373. The summed E-state index contributed by atoms with van der Waals surface area (Å²) in [7, 11) is 0. The second-order valence-electron chi connectivity index (χ2n) is 4.75. The van der Waals surface area contributed by atoms with Crippen LogP contribution < -0.4 is 0 Å². The molecule has 1 aliphatic rings. The maximum atomic E-state index is 9.08. The van der Waals surface area contributed by atoms with Gasteiger partial charge >= 0.3 is 0 Å². The fourth-order valence-electron chi connectivity index (χ4n) is 1.53. The maximum absolute atomic E-state index is 9.08. The monoisotopic (exact) mass is 202 g/mol. The molecule has 0 aromatic carbocycles. The van der Waals surface area contributed by atoms with Crippen LogP contribution in [0.5, 0.6) is 0 Å². The normalized spacial score (nSPS) is 32.8. The highest BCUT2D eigenvalue weighted by Crippen LogP contribution is 2.30. The number of hydrogen-bond donors (Lipinski definition) is 1. The molecule has 84 valence electrons. The van der Waals surface area contributed by atoms with E-state index in [1.807, 2.05) is 6.92 Å². The predicted octanol–water partition coefficient (Wildman–Crippen LogP) is 1.94. The van der Waals surface area contributed by atoms with Crippen LogP contribution in [0.1, 0.15) is 40.0 Å². The van der Waals surface area contributed by atoms with Crippen molar-refractivity contribution >= 4 is 0 Å². The first-order valence-corrected chi connectivity index (χ1v) is 5.46.